The number of allylic oxidation sites excluding steroid dienone is 1. The molecule has 0 saturated heterocycles. The van der Waals surface area contributed by atoms with Gasteiger partial charge in [0, 0.05) is 11.3 Å². The summed E-state index contributed by atoms with van der Waals surface area (Å²) in [7, 11) is 0. The summed E-state index contributed by atoms with van der Waals surface area (Å²) in [5.74, 6) is -0.190. The first-order valence-electron chi connectivity index (χ1n) is 11.4. The number of ether oxygens (including phenoxy) is 3. The molecule has 0 radical (unpaired) electrons. The van der Waals surface area contributed by atoms with Crippen LogP contribution in [0.5, 0.6) is 17.2 Å². The van der Waals surface area contributed by atoms with Gasteiger partial charge in [-0.3, -0.25) is 4.79 Å². The van der Waals surface area contributed by atoms with Crippen molar-refractivity contribution in [3.63, 3.8) is 0 Å². The number of rotatable bonds is 10. The first-order chi connectivity index (χ1) is 17.7. The molecule has 1 atom stereocenters. The van der Waals surface area contributed by atoms with Crippen LogP contribution in [-0.2, 0) is 14.3 Å². The third kappa shape index (κ3) is 7.32. The smallest absolute Gasteiger partial charge is 0.338 e. The fraction of sp³-hybridized carbons (Fsp3) is 0.280. The SMILES string of the molecule is CCOC(=O)C1=C(C)NC(=S)N[C@H]1c1ccccc1OCC(=O)NN=Cc1cc(I)c(O)c(OCC)c1. The molecule has 0 bridgehead atoms. The number of esters is 1. The summed E-state index contributed by atoms with van der Waals surface area (Å²) in [5, 5.41) is 20.4. The van der Waals surface area contributed by atoms with Crippen LogP contribution in [0, 0.1) is 3.57 Å². The topological polar surface area (TPSA) is 131 Å². The molecule has 4 N–H and O–H groups in total. The van der Waals surface area contributed by atoms with Gasteiger partial charge in [0.25, 0.3) is 5.91 Å². The predicted molar refractivity (Wildman–Crippen MR) is 151 cm³/mol. The van der Waals surface area contributed by atoms with Crippen molar-refractivity contribution >= 4 is 58.0 Å². The van der Waals surface area contributed by atoms with Gasteiger partial charge in [0.05, 0.1) is 34.6 Å². The fourth-order valence-corrected chi connectivity index (χ4v) is 4.44. The number of phenolic OH excluding ortho intramolecular Hbond substituents is 1. The van der Waals surface area contributed by atoms with E-state index < -0.39 is 17.9 Å². The number of phenols is 1. The Morgan fingerprint density at radius 2 is 1.95 bits per heavy atom. The lowest BCUT2D eigenvalue weighted by Crippen LogP contribution is -2.45. The third-order valence-corrected chi connectivity index (χ3v) is 6.15. The molecule has 0 unspecified atom stereocenters. The summed E-state index contributed by atoms with van der Waals surface area (Å²) in [6.07, 6.45) is 1.44. The van der Waals surface area contributed by atoms with Crippen molar-refractivity contribution < 1.29 is 28.9 Å². The molecule has 37 heavy (non-hydrogen) atoms. The maximum absolute atomic E-state index is 12.7. The summed E-state index contributed by atoms with van der Waals surface area (Å²) >= 11 is 7.27. The van der Waals surface area contributed by atoms with Gasteiger partial charge in [0.2, 0.25) is 0 Å². The van der Waals surface area contributed by atoms with Crippen molar-refractivity contribution in [2.24, 2.45) is 5.10 Å². The molecule has 0 saturated carbocycles. The minimum atomic E-state index is -0.624. The summed E-state index contributed by atoms with van der Waals surface area (Å²) in [4.78, 5) is 25.1. The number of amides is 1. The number of hydrogen-bond acceptors (Lipinski definition) is 8. The number of halogens is 1. The number of nitrogens with one attached hydrogen (secondary N) is 3. The number of aromatic hydroxyl groups is 1. The molecule has 1 heterocycles. The molecule has 2 aromatic rings. The zero-order chi connectivity index (χ0) is 26.9. The van der Waals surface area contributed by atoms with Crippen LogP contribution in [0.15, 0.2) is 52.8 Å². The van der Waals surface area contributed by atoms with E-state index in [1.165, 1.54) is 6.21 Å². The molecule has 0 aliphatic carbocycles. The van der Waals surface area contributed by atoms with E-state index in [4.69, 9.17) is 26.4 Å². The largest absolute Gasteiger partial charge is 0.504 e. The second-order valence-corrected chi connectivity index (χ2v) is 9.26. The highest BCUT2D eigenvalue weighted by molar-refractivity contribution is 14.1. The molecule has 0 aromatic heterocycles. The Balaban J connectivity index is 1.70. The molecule has 196 valence electrons. The summed E-state index contributed by atoms with van der Waals surface area (Å²) in [6, 6.07) is 9.74. The molecule has 1 aliphatic rings. The van der Waals surface area contributed by atoms with Gasteiger partial charge in [-0.25, -0.2) is 10.2 Å². The van der Waals surface area contributed by atoms with Crippen molar-refractivity contribution in [3.8, 4) is 17.2 Å². The first-order valence-corrected chi connectivity index (χ1v) is 12.9. The number of hydrogen-bond donors (Lipinski definition) is 4. The van der Waals surface area contributed by atoms with Crippen molar-refractivity contribution in [3.05, 3.63) is 62.4 Å². The second-order valence-electron chi connectivity index (χ2n) is 7.69. The Morgan fingerprint density at radius 3 is 2.68 bits per heavy atom. The van der Waals surface area contributed by atoms with Crippen molar-refractivity contribution in [1.29, 1.82) is 0 Å². The molecule has 0 fully saturated rings. The van der Waals surface area contributed by atoms with Crippen LogP contribution in [0.1, 0.15) is 37.9 Å². The molecule has 12 heteroatoms. The number of hydrazone groups is 1. The highest BCUT2D eigenvalue weighted by atomic mass is 127. The van der Waals surface area contributed by atoms with Crippen LogP contribution in [0.4, 0.5) is 0 Å². The van der Waals surface area contributed by atoms with Crippen LogP contribution >= 0.6 is 34.8 Å². The van der Waals surface area contributed by atoms with Crippen molar-refractivity contribution in [2.45, 2.75) is 26.8 Å². The number of nitrogens with zero attached hydrogens (tertiary/aromatic N) is 1. The summed E-state index contributed by atoms with van der Waals surface area (Å²) in [6.45, 7) is 5.59. The maximum Gasteiger partial charge on any atom is 0.338 e. The average molecular weight is 638 g/mol. The van der Waals surface area contributed by atoms with Gasteiger partial charge in [-0.1, -0.05) is 18.2 Å². The molecule has 1 amide bonds. The standard InChI is InChI=1S/C25H27IN4O6S/c1-4-34-19-11-15(10-17(26)23(19)32)12-27-30-20(31)13-36-18-9-7-6-8-16(18)22-21(24(33)35-5-2)14(3)28-25(37)29-22/h6-12,22,32H,4-5,13H2,1-3H3,(H,30,31)(H2,28,29,37)/t22-/m0/s1. The van der Waals surface area contributed by atoms with Crippen LogP contribution in [0.2, 0.25) is 0 Å². The van der Waals surface area contributed by atoms with E-state index in [0.717, 1.165) is 0 Å². The maximum atomic E-state index is 12.7. The van der Waals surface area contributed by atoms with Crippen molar-refractivity contribution in [2.75, 3.05) is 19.8 Å². The third-order valence-electron chi connectivity index (χ3n) is 5.11. The zero-order valence-electron chi connectivity index (χ0n) is 20.5. The van der Waals surface area contributed by atoms with Gasteiger partial charge in [0.15, 0.2) is 23.2 Å². The number of benzene rings is 2. The summed E-state index contributed by atoms with van der Waals surface area (Å²) < 4.78 is 17.0. The van der Waals surface area contributed by atoms with E-state index in [9.17, 15) is 14.7 Å². The minimum absolute atomic E-state index is 0.0517. The Bertz CT molecular complexity index is 1250. The van der Waals surface area contributed by atoms with E-state index >= 15 is 0 Å². The molecular formula is C25H27IN4O6S. The Morgan fingerprint density at radius 1 is 1.19 bits per heavy atom. The highest BCUT2D eigenvalue weighted by Crippen LogP contribution is 2.34. The van der Waals surface area contributed by atoms with Gasteiger partial charge >= 0.3 is 5.97 Å². The Labute approximate surface area is 233 Å². The van der Waals surface area contributed by atoms with Gasteiger partial charge in [-0.05, 0) is 79.3 Å². The van der Waals surface area contributed by atoms with Crippen molar-refractivity contribution in [1.82, 2.24) is 16.1 Å². The predicted octanol–water partition coefficient (Wildman–Crippen LogP) is 3.28. The number of para-hydroxylation sites is 1. The Kier molecular flexibility index (Phi) is 10.1. The number of carbonyl (C=O) groups is 2. The lowest BCUT2D eigenvalue weighted by molar-refractivity contribution is -0.139. The normalized spacial score (nSPS) is 15.1. The zero-order valence-corrected chi connectivity index (χ0v) is 23.4. The number of thiocarbonyl (C=S) groups is 1. The highest BCUT2D eigenvalue weighted by Gasteiger charge is 2.32. The van der Waals surface area contributed by atoms with Crippen LogP contribution in [-0.4, -0.2) is 48.1 Å². The minimum Gasteiger partial charge on any atom is -0.504 e. The van der Waals surface area contributed by atoms with E-state index in [1.54, 1.807) is 50.2 Å². The van der Waals surface area contributed by atoms with E-state index in [-0.39, 0.29) is 19.0 Å². The summed E-state index contributed by atoms with van der Waals surface area (Å²) in [5.41, 5.74) is 4.61. The number of carbonyl (C=O) groups excluding carboxylic acids is 2. The molecular weight excluding hydrogens is 611 g/mol. The molecule has 3 rings (SSSR count). The first kappa shape index (κ1) is 28.2. The van der Waals surface area contributed by atoms with Gasteiger partial charge in [-0.2, -0.15) is 5.10 Å². The lowest BCUT2D eigenvalue weighted by Gasteiger charge is -2.30. The average Bonchev–Trinajstić information content (AvgIpc) is 2.85. The molecule has 1 aliphatic heterocycles. The van der Waals surface area contributed by atoms with Crippen LogP contribution in [0.25, 0.3) is 0 Å². The van der Waals surface area contributed by atoms with Crippen LogP contribution < -0.4 is 25.5 Å². The van der Waals surface area contributed by atoms with Crippen LogP contribution in [0.3, 0.4) is 0 Å². The monoisotopic (exact) mass is 638 g/mol. The van der Waals surface area contributed by atoms with Gasteiger partial charge in [0.1, 0.15) is 5.75 Å². The fourth-order valence-electron chi connectivity index (χ4n) is 3.55. The molecule has 2 aromatic carbocycles. The van der Waals surface area contributed by atoms with E-state index in [2.05, 4.69) is 21.2 Å². The van der Waals surface area contributed by atoms with Gasteiger partial charge in [-0.15, -0.1) is 0 Å². The molecule has 10 nitrogen and oxygen atoms in total. The van der Waals surface area contributed by atoms with Gasteiger partial charge < -0.3 is 30.0 Å². The molecule has 0 spiro atoms. The van der Waals surface area contributed by atoms with E-state index in [1.807, 2.05) is 29.5 Å². The lowest BCUT2D eigenvalue weighted by atomic mass is 9.95. The second kappa shape index (κ2) is 13.2. The Hall–Kier alpha value is -3.39. The quantitative estimate of drug-likeness (QED) is 0.102. The van der Waals surface area contributed by atoms with E-state index in [0.29, 0.717) is 49.2 Å².